The van der Waals surface area contributed by atoms with Crippen LogP contribution in [0.1, 0.15) is 138 Å². The third kappa shape index (κ3) is 25.4. The molecule has 0 bridgehead atoms. The fraction of sp³-hybridized carbons (Fsp3) is 0.718. The fourth-order valence-corrected chi connectivity index (χ4v) is 5.18. The number of ether oxygens (including phenoxy) is 2. The van der Waals surface area contributed by atoms with Gasteiger partial charge in [-0.2, -0.15) is 4.98 Å². The summed E-state index contributed by atoms with van der Waals surface area (Å²) < 4.78 is 12.8. The summed E-state index contributed by atoms with van der Waals surface area (Å²) in [6.45, 7) is 20.0. The lowest BCUT2D eigenvalue weighted by Crippen LogP contribution is -2.28. The summed E-state index contributed by atoms with van der Waals surface area (Å²) in [5.41, 5.74) is 3.80. The van der Waals surface area contributed by atoms with Crippen LogP contribution in [0.2, 0.25) is 0 Å². The molecule has 0 aliphatic rings. The van der Waals surface area contributed by atoms with Crippen molar-refractivity contribution >= 4 is 11.9 Å². The molecule has 0 aliphatic heterocycles. The van der Waals surface area contributed by atoms with Gasteiger partial charge in [0, 0.05) is 24.9 Å². The maximum absolute atomic E-state index is 12.1. The molecule has 0 aliphatic carbocycles. The van der Waals surface area contributed by atoms with Crippen LogP contribution in [0.15, 0.2) is 41.3 Å². The first-order chi connectivity index (χ1) is 21.9. The summed E-state index contributed by atoms with van der Waals surface area (Å²) in [4.78, 5) is 30.7. The number of carbonyl (C=O) groups is 2. The normalized spacial score (nSPS) is 12.3. The van der Waals surface area contributed by atoms with Crippen LogP contribution in [-0.4, -0.2) is 59.2 Å². The summed E-state index contributed by atoms with van der Waals surface area (Å²) in [7, 11) is 0. The van der Waals surface area contributed by atoms with Crippen LogP contribution in [0.5, 0.6) is 0 Å². The molecule has 7 nitrogen and oxygen atoms in total. The van der Waals surface area contributed by atoms with Gasteiger partial charge in [-0.1, -0.05) is 69.2 Å². The van der Waals surface area contributed by atoms with Crippen molar-refractivity contribution in [3.8, 4) is 0 Å². The Bertz CT molecular complexity index is 1030. The smallest absolute Gasteiger partial charge is 0.330 e. The Morgan fingerprint density at radius 1 is 0.761 bits per heavy atom. The highest BCUT2D eigenvalue weighted by Crippen LogP contribution is 2.23. The van der Waals surface area contributed by atoms with Crippen molar-refractivity contribution in [2.75, 3.05) is 32.8 Å². The molecule has 46 heavy (non-hydrogen) atoms. The lowest BCUT2D eigenvalue weighted by molar-refractivity contribution is -0.138. The van der Waals surface area contributed by atoms with E-state index < -0.39 is 0 Å². The van der Waals surface area contributed by atoms with Crippen molar-refractivity contribution in [2.24, 2.45) is 5.41 Å². The predicted octanol–water partition coefficient (Wildman–Crippen LogP) is 9.24. The van der Waals surface area contributed by atoms with Gasteiger partial charge in [-0.05, 0) is 117 Å². The van der Waals surface area contributed by atoms with Gasteiger partial charge in [0.1, 0.15) is 6.33 Å². The van der Waals surface area contributed by atoms with Crippen LogP contribution in [-0.2, 0) is 25.6 Å². The van der Waals surface area contributed by atoms with Gasteiger partial charge in [0.2, 0.25) is 0 Å². The molecule has 0 unspecified atom stereocenters. The molecule has 0 saturated heterocycles. The Morgan fingerprint density at radius 2 is 1.30 bits per heavy atom. The van der Waals surface area contributed by atoms with Gasteiger partial charge in [0.25, 0.3) is 0 Å². The van der Waals surface area contributed by atoms with E-state index in [0.717, 1.165) is 127 Å². The second-order valence-electron chi connectivity index (χ2n) is 14.2. The molecule has 1 aromatic rings. The zero-order valence-electron chi connectivity index (χ0n) is 30.4. The third-order valence-electron chi connectivity index (χ3n) is 7.87. The lowest BCUT2D eigenvalue weighted by atomic mass is 9.89. The number of hydrogen-bond acceptors (Lipinski definition) is 6. The predicted molar refractivity (Wildman–Crippen MR) is 189 cm³/mol. The minimum absolute atomic E-state index is 0.206. The lowest BCUT2D eigenvalue weighted by Gasteiger charge is -2.22. The Kier molecular flexibility index (Phi) is 22.6. The van der Waals surface area contributed by atoms with E-state index in [4.69, 9.17) is 9.47 Å². The molecule has 0 saturated carbocycles. The Balaban J connectivity index is 2.25. The van der Waals surface area contributed by atoms with Crippen LogP contribution >= 0.6 is 0 Å². The van der Waals surface area contributed by atoms with Crippen LogP contribution in [0, 0.1) is 17.8 Å². The van der Waals surface area contributed by atoms with Crippen LogP contribution in [0.25, 0.3) is 0 Å². The van der Waals surface area contributed by atoms with Gasteiger partial charge in [-0.3, -0.25) is 4.57 Å². The zero-order valence-corrected chi connectivity index (χ0v) is 30.4. The van der Waals surface area contributed by atoms with Crippen LogP contribution in [0.3, 0.4) is 0 Å². The minimum atomic E-state index is -0.222. The summed E-state index contributed by atoms with van der Waals surface area (Å²) in [5.74, 6) is -0.427. The largest absolute Gasteiger partial charge is 0.463 e. The first-order valence-corrected chi connectivity index (χ1v) is 17.8. The molecule has 0 N–H and O–H groups in total. The number of aromatic nitrogens is 2. The number of allylic oxidation sites excluding steroid dienone is 4. The molecule has 0 fully saturated rings. The van der Waals surface area contributed by atoms with Gasteiger partial charge in [0.15, 0.2) is 0 Å². The molecule has 1 aromatic heterocycles. The van der Waals surface area contributed by atoms with Gasteiger partial charge in [-0.25, -0.2) is 9.59 Å². The Morgan fingerprint density at radius 3 is 1.83 bits per heavy atom. The van der Waals surface area contributed by atoms with E-state index in [1.807, 2.05) is 18.4 Å². The first-order valence-electron chi connectivity index (χ1n) is 17.8. The van der Waals surface area contributed by atoms with E-state index in [0.29, 0.717) is 18.6 Å². The number of nitrogens with zero attached hydrogens (tertiary/aromatic N) is 3. The zero-order chi connectivity index (χ0) is 34.0. The molecule has 7 heteroatoms. The van der Waals surface area contributed by atoms with E-state index in [1.54, 1.807) is 18.5 Å². The molecule has 0 amide bonds. The minimum Gasteiger partial charge on any atom is -0.463 e. The maximum Gasteiger partial charge on any atom is 0.330 e. The van der Waals surface area contributed by atoms with Crippen molar-refractivity contribution in [2.45, 2.75) is 145 Å². The Hall–Kier alpha value is -2.85. The quantitative estimate of drug-likeness (QED) is 0.0435. The molecule has 260 valence electrons. The second kappa shape index (κ2) is 25.3. The van der Waals surface area contributed by atoms with Crippen LogP contribution < -0.4 is 0 Å². The average molecular weight is 640 g/mol. The van der Waals surface area contributed by atoms with E-state index in [1.165, 1.54) is 5.57 Å². The molecule has 0 spiro atoms. The highest BCUT2D eigenvalue weighted by molar-refractivity contribution is 5.83. The molecular weight excluding hydrogens is 574 g/mol. The molecule has 1 heterocycles. The Labute approximate surface area is 281 Å². The van der Waals surface area contributed by atoms with E-state index in [2.05, 4.69) is 63.0 Å². The first kappa shape index (κ1) is 41.2. The number of hydrogen-bond donors (Lipinski definition) is 0. The third-order valence-corrected chi connectivity index (χ3v) is 7.87. The SMILES string of the molecule is CC(C)=CCC/C(C)=C/C(=O)OCCCCCCN(CCCCCCOC(=O)/C=C(\C)CCCC(C)(C)C)CCCn1c#cnc1. The van der Waals surface area contributed by atoms with Crippen molar-refractivity contribution < 1.29 is 19.1 Å². The van der Waals surface area contributed by atoms with Gasteiger partial charge >= 0.3 is 11.9 Å². The highest BCUT2D eigenvalue weighted by atomic mass is 16.5. The molecule has 0 aromatic carbocycles. The van der Waals surface area contributed by atoms with Gasteiger partial charge in [-0.15, -0.1) is 0 Å². The van der Waals surface area contributed by atoms with Gasteiger partial charge in [0.05, 0.1) is 19.4 Å². The van der Waals surface area contributed by atoms with Crippen molar-refractivity contribution in [3.05, 3.63) is 53.7 Å². The van der Waals surface area contributed by atoms with Crippen molar-refractivity contribution in [3.63, 3.8) is 0 Å². The number of esters is 2. The van der Waals surface area contributed by atoms with Gasteiger partial charge < -0.3 is 14.4 Å². The monoisotopic (exact) mass is 639 g/mol. The fourth-order valence-electron chi connectivity index (χ4n) is 5.18. The van der Waals surface area contributed by atoms with Crippen molar-refractivity contribution in [1.29, 1.82) is 0 Å². The topological polar surface area (TPSA) is 73.7 Å². The number of unbranched alkanes of at least 4 members (excludes halogenated alkanes) is 6. The number of carbonyl (C=O) groups excluding carboxylic acids is 2. The van der Waals surface area contributed by atoms with Crippen molar-refractivity contribution in [1.82, 2.24) is 14.5 Å². The maximum atomic E-state index is 12.1. The molecule has 0 radical (unpaired) electrons. The van der Waals surface area contributed by atoms with E-state index >= 15 is 0 Å². The molecule has 0 atom stereocenters. The standard InChI is InChI=1S/C39H65N3O4/c1-34(2)19-16-20-35(3)31-37(43)45-29-14-10-8-12-24-41(26-18-27-42-28-23-40-33-42)25-13-9-11-15-30-46-38(44)32-36(4)21-17-22-39(5,6)7/h19,31-33H,8-18,20-22,24-27,29-30H2,1-7H3/b35-31+,36-32+. The summed E-state index contributed by atoms with van der Waals surface area (Å²) in [6.07, 6.45) is 27.6. The summed E-state index contributed by atoms with van der Waals surface area (Å²) in [5, 5.41) is 0. The summed E-state index contributed by atoms with van der Waals surface area (Å²) in [6, 6.07) is 0. The number of aryl methyl sites for hydroxylation is 1. The molecule has 1 rings (SSSR count). The van der Waals surface area contributed by atoms with E-state index in [-0.39, 0.29) is 11.9 Å². The molecular formula is C39H65N3O4. The highest BCUT2D eigenvalue weighted by Gasteiger charge is 2.10. The summed E-state index contributed by atoms with van der Waals surface area (Å²) >= 11 is 0. The van der Waals surface area contributed by atoms with E-state index in [9.17, 15) is 9.59 Å². The average Bonchev–Trinajstić information content (AvgIpc) is 3.48. The number of rotatable bonds is 26. The second-order valence-corrected chi connectivity index (χ2v) is 14.2. The van der Waals surface area contributed by atoms with Crippen LogP contribution in [0.4, 0.5) is 0 Å².